The monoisotopic (exact) mass is 291 g/mol. The van der Waals surface area contributed by atoms with E-state index in [2.05, 4.69) is 5.32 Å². The maximum atomic E-state index is 13.7. The Morgan fingerprint density at radius 1 is 0.750 bits per heavy atom. The molecule has 0 aliphatic rings. The molecule has 0 spiro atoms. The SMILES string of the molecule is CNc1c(F)cccc1-c1c(F)c(F)c(F)c(F)c1F. The van der Waals surface area contributed by atoms with E-state index in [0.29, 0.717) is 0 Å². The minimum absolute atomic E-state index is 0.365. The lowest BCUT2D eigenvalue weighted by atomic mass is 10.0. The number of para-hydroxylation sites is 1. The molecule has 0 aliphatic heterocycles. The van der Waals surface area contributed by atoms with Crippen LogP contribution in [0.4, 0.5) is 32.0 Å². The lowest BCUT2D eigenvalue weighted by Crippen LogP contribution is -2.06. The van der Waals surface area contributed by atoms with Crippen molar-refractivity contribution in [2.24, 2.45) is 0 Å². The van der Waals surface area contributed by atoms with Gasteiger partial charge in [-0.25, -0.2) is 26.3 Å². The number of anilines is 1. The van der Waals surface area contributed by atoms with E-state index in [4.69, 9.17) is 0 Å². The van der Waals surface area contributed by atoms with Gasteiger partial charge in [-0.1, -0.05) is 12.1 Å². The molecule has 7 heteroatoms. The minimum Gasteiger partial charge on any atom is -0.385 e. The molecule has 1 nitrogen and oxygen atoms in total. The fourth-order valence-corrected chi connectivity index (χ4v) is 1.83. The average Bonchev–Trinajstić information content (AvgIpc) is 2.43. The number of nitrogens with one attached hydrogen (secondary N) is 1. The van der Waals surface area contributed by atoms with Gasteiger partial charge < -0.3 is 5.32 Å². The predicted octanol–water partition coefficient (Wildman–Crippen LogP) is 4.23. The van der Waals surface area contributed by atoms with Crippen LogP contribution >= 0.6 is 0 Å². The van der Waals surface area contributed by atoms with Crippen molar-refractivity contribution < 1.29 is 26.3 Å². The molecular weight excluding hydrogens is 284 g/mol. The molecule has 0 bridgehead atoms. The Bertz CT molecular complexity index is 654. The van der Waals surface area contributed by atoms with Gasteiger partial charge >= 0.3 is 0 Å². The van der Waals surface area contributed by atoms with Crippen molar-refractivity contribution in [3.05, 3.63) is 53.1 Å². The predicted molar refractivity (Wildman–Crippen MR) is 61.2 cm³/mol. The Hall–Kier alpha value is -2.18. The molecule has 1 N–H and O–H groups in total. The van der Waals surface area contributed by atoms with Crippen LogP contribution in [0.25, 0.3) is 11.1 Å². The van der Waals surface area contributed by atoms with Crippen molar-refractivity contribution in [3.63, 3.8) is 0 Å². The van der Waals surface area contributed by atoms with Crippen molar-refractivity contribution in [1.82, 2.24) is 0 Å². The number of hydrogen-bond donors (Lipinski definition) is 1. The van der Waals surface area contributed by atoms with Gasteiger partial charge in [-0.05, 0) is 6.07 Å². The van der Waals surface area contributed by atoms with Crippen molar-refractivity contribution >= 4 is 5.69 Å². The van der Waals surface area contributed by atoms with E-state index in [-0.39, 0.29) is 5.69 Å². The first kappa shape index (κ1) is 14.2. The third kappa shape index (κ3) is 1.99. The van der Waals surface area contributed by atoms with Crippen LogP contribution < -0.4 is 5.32 Å². The fraction of sp³-hybridized carbons (Fsp3) is 0.0769. The van der Waals surface area contributed by atoms with Crippen LogP contribution in [-0.4, -0.2) is 7.05 Å². The normalized spacial score (nSPS) is 10.8. The standard InChI is InChI=1S/C13H7F6N/c1-20-13-5(3-2-4-6(13)14)7-8(15)10(17)12(19)11(18)9(7)16/h2-4,20H,1H3. The van der Waals surface area contributed by atoms with Crippen LogP contribution in [0.3, 0.4) is 0 Å². The highest BCUT2D eigenvalue weighted by atomic mass is 19.2. The van der Waals surface area contributed by atoms with Gasteiger partial charge in [0.25, 0.3) is 0 Å². The van der Waals surface area contributed by atoms with Gasteiger partial charge in [0.05, 0.1) is 11.3 Å². The van der Waals surface area contributed by atoms with Gasteiger partial charge in [-0.15, -0.1) is 0 Å². The second-order valence-electron chi connectivity index (χ2n) is 3.86. The second-order valence-corrected chi connectivity index (χ2v) is 3.86. The fourth-order valence-electron chi connectivity index (χ4n) is 1.83. The summed E-state index contributed by atoms with van der Waals surface area (Å²) < 4.78 is 80.1. The maximum absolute atomic E-state index is 13.7. The van der Waals surface area contributed by atoms with Crippen LogP contribution in [0.1, 0.15) is 0 Å². The molecule has 0 fully saturated rings. The van der Waals surface area contributed by atoms with E-state index in [9.17, 15) is 26.3 Å². The van der Waals surface area contributed by atoms with Crippen molar-refractivity contribution in [1.29, 1.82) is 0 Å². The number of halogens is 6. The number of hydrogen-bond acceptors (Lipinski definition) is 1. The highest BCUT2D eigenvalue weighted by Crippen LogP contribution is 2.36. The molecule has 0 saturated carbocycles. The van der Waals surface area contributed by atoms with Crippen LogP contribution in [-0.2, 0) is 0 Å². The van der Waals surface area contributed by atoms with Crippen molar-refractivity contribution in [3.8, 4) is 11.1 Å². The average molecular weight is 291 g/mol. The van der Waals surface area contributed by atoms with E-state index in [1.165, 1.54) is 7.05 Å². The van der Waals surface area contributed by atoms with Gasteiger partial charge in [0.15, 0.2) is 23.3 Å². The number of benzene rings is 2. The van der Waals surface area contributed by atoms with Crippen LogP contribution in [0.15, 0.2) is 18.2 Å². The second kappa shape index (κ2) is 5.07. The summed E-state index contributed by atoms with van der Waals surface area (Å²) >= 11 is 0. The molecule has 2 aromatic carbocycles. The van der Waals surface area contributed by atoms with Crippen LogP contribution in [0.5, 0.6) is 0 Å². The molecule has 0 saturated heterocycles. The van der Waals surface area contributed by atoms with Gasteiger partial charge in [0.2, 0.25) is 5.82 Å². The smallest absolute Gasteiger partial charge is 0.200 e. The molecule has 0 aliphatic carbocycles. The molecule has 0 amide bonds. The maximum Gasteiger partial charge on any atom is 0.200 e. The van der Waals surface area contributed by atoms with E-state index in [0.717, 1.165) is 18.2 Å². The van der Waals surface area contributed by atoms with E-state index in [1.807, 2.05) is 0 Å². The Morgan fingerprint density at radius 3 is 1.75 bits per heavy atom. The molecular formula is C13H7F6N. The van der Waals surface area contributed by atoms with Crippen molar-refractivity contribution in [2.75, 3.05) is 12.4 Å². The van der Waals surface area contributed by atoms with Gasteiger partial charge in [0, 0.05) is 12.6 Å². The van der Waals surface area contributed by atoms with Gasteiger partial charge in [0.1, 0.15) is 5.82 Å². The third-order valence-electron chi connectivity index (χ3n) is 2.74. The molecule has 20 heavy (non-hydrogen) atoms. The minimum atomic E-state index is -2.26. The van der Waals surface area contributed by atoms with E-state index in [1.54, 1.807) is 0 Å². The summed E-state index contributed by atoms with van der Waals surface area (Å²) in [6, 6.07) is 3.14. The first-order valence-electron chi connectivity index (χ1n) is 5.38. The zero-order chi connectivity index (χ0) is 15.0. The van der Waals surface area contributed by atoms with Gasteiger partial charge in [-0.3, -0.25) is 0 Å². The molecule has 0 atom stereocenters. The molecule has 0 radical (unpaired) electrons. The first-order chi connectivity index (χ1) is 9.40. The van der Waals surface area contributed by atoms with Crippen molar-refractivity contribution in [2.45, 2.75) is 0 Å². The Labute approximate surface area is 109 Å². The Morgan fingerprint density at radius 2 is 1.25 bits per heavy atom. The highest BCUT2D eigenvalue weighted by molar-refractivity contribution is 5.79. The largest absolute Gasteiger partial charge is 0.385 e. The Balaban J connectivity index is 2.87. The lowest BCUT2D eigenvalue weighted by molar-refractivity contribution is 0.381. The van der Waals surface area contributed by atoms with Crippen LogP contribution in [0, 0.1) is 34.9 Å². The summed E-state index contributed by atoms with van der Waals surface area (Å²) in [7, 11) is 1.26. The molecule has 0 aromatic heterocycles. The highest BCUT2D eigenvalue weighted by Gasteiger charge is 2.28. The summed E-state index contributed by atoms with van der Waals surface area (Å²) in [5.74, 6) is -11.3. The molecule has 106 valence electrons. The van der Waals surface area contributed by atoms with Gasteiger partial charge in [-0.2, -0.15) is 0 Å². The zero-order valence-corrected chi connectivity index (χ0v) is 10.00. The number of rotatable bonds is 2. The van der Waals surface area contributed by atoms with E-state index >= 15 is 0 Å². The molecule has 2 aromatic rings. The third-order valence-corrected chi connectivity index (χ3v) is 2.74. The summed E-state index contributed by atoms with van der Waals surface area (Å²) in [6.07, 6.45) is 0. The molecule has 2 rings (SSSR count). The summed E-state index contributed by atoms with van der Waals surface area (Å²) in [6.45, 7) is 0. The summed E-state index contributed by atoms with van der Waals surface area (Å²) in [5.41, 5.74) is -2.00. The lowest BCUT2D eigenvalue weighted by Gasteiger charge is -2.13. The topological polar surface area (TPSA) is 12.0 Å². The first-order valence-corrected chi connectivity index (χ1v) is 5.38. The zero-order valence-electron chi connectivity index (χ0n) is 10.00. The van der Waals surface area contributed by atoms with Crippen LogP contribution in [0.2, 0.25) is 0 Å². The Kier molecular flexibility index (Phi) is 3.61. The van der Waals surface area contributed by atoms with E-state index < -0.39 is 46.0 Å². The molecule has 0 heterocycles. The summed E-state index contributed by atoms with van der Waals surface area (Å²) in [5, 5.41) is 2.32. The quantitative estimate of drug-likeness (QED) is 0.496. The summed E-state index contributed by atoms with van der Waals surface area (Å²) in [4.78, 5) is 0. The molecule has 0 unspecified atom stereocenters.